The summed E-state index contributed by atoms with van der Waals surface area (Å²) in [5, 5.41) is 0. The number of hydrogen-bond acceptors (Lipinski definition) is 4. The zero-order valence-corrected chi connectivity index (χ0v) is 16.2. The molecule has 0 amide bonds. The lowest BCUT2D eigenvalue weighted by Gasteiger charge is -2.16. The molecule has 3 N–H and O–H groups in total. The summed E-state index contributed by atoms with van der Waals surface area (Å²) in [7, 11) is -9.84. The number of rotatable bonds is 8. The highest BCUT2D eigenvalue weighted by atomic mass is 32.2. The quantitative estimate of drug-likeness (QED) is 0.442. The second-order valence-corrected chi connectivity index (χ2v) is 9.85. The predicted octanol–water partition coefficient (Wildman–Crippen LogP) is 3.64. The summed E-state index contributed by atoms with van der Waals surface area (Å²) in [6.45, 7) is 1.83. The molecule has 0 radical (unpaired) electrons. The van der Waals surface area contributed by atoms with Crippen molar-refractivity contribution < 1.29 is 36.4 Å². The Morgan fingerprint density at radius 3 is 2.26 bits per heavy atom. The molecular formula is C17H20FO7PS. The van der Waals surface area contributed by atoms with Gasteiger partial charge in [-0.25, -0.2) is 4.39 Å². The van der Waals surface area contributed by atoms with E-state index in [1.54, 1.807) is 18.2 Å². The van der Waals surface area contributed by atoms with E-state index in [9.17, 15) is 17.4 Å². The third-order valence-electron chi connectivity index (χ3n) is 3.99. The number of hydrogen-bond donors (Lipinski definition) is 3. The van der Waals surface area contributed by atoms with Gasteiger partial charge in [-0.3, -0.25) is 9.12 Å². The number of halogens is 1. The van der Waals surface area contributed by atoms with Gasteiger partial charge in [-0.2, -0.15) is 8.42 Å². The Balaban J connectivity index is 2.08. The van der Waals surface area contributed by atoms with Crippen molar-refractivity contribution in [1.29, 1.82) is 0 Å². The SMILES string of the molecule is Cc1ccc(Oc2ccc(F)cc2)cc1CCCC(P(=O)(O)O)S(=O)(=O)O. The second-order valence-electron chi connectivity index (χ2n) is 6.10. The fourth-order valence-electron chi connectivity index (χ4n) is 2.58. The molecule has 10 heteroatoms. The Morgan fingerprint density at radius 1 is 1.11 bits per heavy atom. The van der Waals surface area contributed by atoms with Crippen molar-refractivity contribution in [1.82, 2.24) is 0 Å². The van der Waals surface area contributed by atoms with E-state index in [-0.39, 0.29) is 18.7 Å². The van der Waals surface area contributed by atoms with E-state index in [0.717, 1.165) is 11.1 Å². The molecule has 0 heterocycles. The molecule has 2 rings (SSSR count). The van der Waals surface area contributed by atoms with Gasteiger partial charge >= 0.3 is 7.60 Å². The monoisotopic (exact) mass is 418 g/mol. The molecule has 27 heavy (non-hydrogen) atoms. The molecule has 1 unspecified atom stereocenters. The maximum absolute atomic E-state index is 12.9. The first-order chi connectivity index (χ1) is 12.5. The molecule has 7 nitrogen and oxygen atoms in total. The van der Waals surface area contributed by atoms with Crippen molar-refractivity contribution in [3.63, 3.8) is 0 Å². The topological polar surface area (TPSA) is 121 Å². The van der Waals surface area contributed by atoms with Crippen molar-refractivity contribution in [2.75, 3.05) is 0 Å². The zero-order valence-electron chi connectivity index (χ0n) is 14.4. The first kappa shape index (κ1) is 21.5. The molecule has 0 aliphatic rings. The molecular weight excluding hydrogens is 398 g/mol. The Hall–Kier alpha value is -1.77. The first-order valence-electron chi connectivity index (χ1n) is 8.01. The molecule has 0 fully saturated rings. The van der Waals surface area contributed by atoms with Gasteiger partial charge in [-0.05, 0) is 73.7 Å². The molecule has 0 saturated heterocycles. The van der Waals surface area contributed by atoms with E-state index in [2.05, 4.69) is 0 Å². The average molecular weight is 418 g/mol. The van der Waals surface area contributed by atoms with Crippen molar-refractivity contribution >= 4 is 17.7 Å². The minimum Gasteiger partial charge on any atom is -0.457 e. The molecule has 0 saturated carbocycles. The normalized spacial score (nSPS) is 13.4. The van der Waals surface area contributed by atoms with Crippen LogP contribution in [0.5, 0.6) is 11.5 Å². The van der Waals surface area contributed by atoms with Gasteiger partial charge in [0.05, 0.1) is 0 Å². The van der Waals surface area contributed by atoms with Gasteiger partial charge in [0.25, 0.3) is 10.1 Å². The van der Waals surface area contributed by atoms with E-state index in [0.29, 0.717) is 17.9 Å². The maximum Gasteiger partial charge on any atom is 0.346 e. The van der Waals surface area contributed by atoms with Gasteiger partial charge < -0.3 is 14.5 Å². The molecule has 0 aromatic heterocycles. The Morgan fingerprint density at radius 2 is 1.70 bits per heavy atom. The van der Waals surface area contributed by atoms with Crippen LogP contribution in [0, 0.1) is 12.7 Å². The molecule has 2 aromatic rings. The van der Waals surface area contributed by atoms with Crippen LogP contribution in [-0.2, 0) is 21.1 Å². The Labute approximate surface area is 156 Å². The lowest BCUT2D eigenvalue weighted by Crippen LogP contribution is -2.20. The van der Waals surface area contributed by atoms with Gasteiger partial charge in [0.2, 0.25) is 0 Å². The van der Waals surface area contributed by atoms with E-state index >= 15 is 0 Å². The van der Waals surface area contributed by atoms with Crippen LogP contribution in [0.1, 0.15) is 24.0 Å². The van der Waals surface area contributed by atoms with E-state index in [1.807, 2.05) is 6.92 Å². The van der Waals surface area contributed by atoms with Crippen LogP contribution in [0.4, 0.5) is 4.39 Å². The molecule has 1 atom stereocenters. The lowest BCUT2D eigenvalue weighted by molar-refractivity contribution is 0.360. The Bertz CT molecular complexity index is 938. The highest BCUT2D eigenvalue weighted by Gasteiger charge is 2.38. The molecule has 0 aliphatic carbocycles. The van der Waals surface area contributed by atoms with Gasteiger partial charge in [0.1, 0.15) is 17.3 Å². The van der Waals surface area contributed by atoms with Crippen LogP contribution in [-0.4, -0.2) is 27.7 Å². The summed E-state index contributed by atoms with van der Waals surface area (Å²) in [6.07, 6.45) is 0.0838. The number of benzene rings is 2. The van der Waals surface area contributed by atoms with Crippen LogP contribution in [0.25, 0.3) is 0 Å². The minimum atomic E-state index is -4.98. The lowest BCUT2D eigenvalue weighted by atomic mass is 10.0. The molecule has 148 valence electrons. The fraction of sp³-hybridized carbons (Fsp3) is 0.294. The summed E-state index contributed by atoms with van der Waals surface area (Å²) in [5.41, 5.74) is 1.69. The van der Waals surface area contributed by atoms with E-state index in [4.69, 9.17) is 19.1 Å². The average Bonchev–Trinajstić information content (AvgIpc) is 2.54. The highest BCUT2D eigenvalue weighted by molar-refractivity contribution is 7.93. The summed E-state index contributed by atoms with van der Waals surface area (Å²) < 4.78 is 61.3. The third kappa shape index (κ3) is 6.41. The summed E-state index contributed by atoms with van der Waals surface area (Å²) in [6, 6.07) is 10.7. The van der Waals surface area contributed by atoms with E-state index in [1.165, 1.54) is 24.3 Å². The van der Waals surface area contributed by atoms with Gasteiger partial charge in [0, 0.05) is 0 Å². The standard InChI is InChI=1S/C17H20FO7PS/c1-12-5-8-16(25-15-9-6-14(18)7-10-15)11-13(12)3-2-4-17(26(19,20)21)27(22,23)24/h5-11,17H,2-4H2,1H3,(H2,19,20,21)(H,22,23,24). The van der Waals surface area contributed by atoms with Crippen LogP contribution in [0.3, 0.4) is 0 Å². The largest absolute Gasteiger partial charge is 0.457 e. The smallest absolute Gasteiger partial charge is 0.346 e. The number of ether oxygens (including phenoxy) is 1. The fourth-order valence-corrected chi connectivity index (χ4v) is 4.95. The molecule has 2 aromatic carbocycles. The minimum absolute atomic E-state index is 0.135. The predicted molar refractivity (Wildman–Crippen MR) is 98.0 cm³/mol. The Kier molecular flexibility index (Phi) is 6.77. The van der Waals surface area contributed by atoms with Gasteiger partial charge in [-0.15, -0.1) is 0 Å². The summed E-state index contributed by atoms with van der Waals surface area (Å²) >= 11 is 0. The van der Waals surface area contributed by atoms with Crippen LogP contribution >= 0.6 is 7.60 Å². The van der Waals surface area contributed by atoms with Crippen LogP contribution in [0.15, 0.2) is 42.5 Å². The first-order valence-corrected chi connectivity index (χ1v) is 11.2. The second kappa shape index (κ2) is 8.50. The van der Waals surface area contributed by atoms with Gasteiger partial charge in [0.15, 0.2) is 4.99 Å². The van der Waals surface area contributed by atoms with Crippen LogP contribution in [0.2, 0.25) is 0 Å². The zero-order chi connectivity index (χ0) is 20.2. The third-order valence-corrected chi connectivity index (χ3v) is 7.54. The number of aryl methyl sites for hydroxylation is 2. The van der Waals surface area contributed by atoms with Crippen molar-refractivity contribution in [3.8, 4) is 11.5 Å². The van der Waals surface area contributed by atoms with Crippen molar-refractivity contribution in [2.45, 2.75) is 31.2 Å². The van der Waals surface area contributed by atoms with E-state index < -0.39 is 22.7 Å². The van der Waals surface area contributed by atoms with Crippen molar-refractivity contribution in [3.05, 3.63) is 59.4 Å². The molecule has 0 spiro atoms. The summed E-state index contributed by atoms with van der Waals surface area (Å²) in [5.74, 6) is 0.549. The molecule has 0 bridgehead atoms. The highest BCUT2D eigenvalue weighted by Crippen LogP contribution is 2.46. The van der Waals surface area contributed by atoms with Crippen LogP contribution < -0.4 is 4.74 Å². The summed E-state index contributed by atoms with van der Waals surface area (Å²) in [4.78, 5) is 16.1. The maximum atomic E-state index is 12.9. The van der Waals surface area contributed by atoms with Gasteiger partial charge in [-0.1, -0.05) is 6.07 Å². The molecule has 0 aliphatic heterocycles. The van der Waals surface area contributed by atoms with Crippen molar-refractivity contribution in [2.24, 2.45) is 0 Å².